The highest BCUT2D eigenvalue weighted by molar-refractivity contribution is 5.89. The SMILES string of the molecule is O=C(O)c1ccccc1Cc1ncn[nH]1. The van der Waals surface area contributed by atoms with Crippen LogP contribution in [0.4, 0.5) is 0 Å². The molecule has 0 aliphatic heterocycles. The maximum absolute atomic E-state index is 10.9. The highest BCUT2D eigenvalue weighted by Gasteiger charge is 2.09. The van der Waals surface area contributed by atoms with Crippen molar-refractivity contribution < 1.29 is 9.90 Å². The van der Waals surface area contributed by atoms with Gasteiger partial charge in [-0.3, -0.25) is 5.10 Å². The second kappa shape index (κ2) is 3.91. The Hall–Kier alpha value is -2.17. The van der Waals surface area contributed by atoms with E-state index >= 15 is 0 Å². The Bertz CT molecular complexity index is 465. The van der Waals surface area contributed by atoms with E-state index in [4.69, 9.17) is 5.11 Å². The molecule has 0 saturated carbocycles. The second-order valence-electron chi connectivity index (χ2n) is 3.07. The summed E-state index contributed by atoms with van der Waals surface area (Å²) in [6, 6.07) is 6.85. The number of carboxylic acid groups (broad SMARTS) is 1. The van der Waals surface area contributed by atoms with Crippen molar-refractivity contribution in [3.63, 3.8) is 0 Å². The Balaban J connectivity index is 2.32. The monoisotopic (exact) mass is 203 g/mol. The summed E-state index contributed by atoms with van der Waals surface area (Å²) in [6.45, 7) is 0. The van der Waals surface area contributed by atoms with Crippen molar-refractivity contribution in [3.8, 4) is 0 Å². The second-order valence-corrected chi connectivity index (χ2v) is 3.07. The lowest BCUT2D eigenvalue weighted by Crippen LogP contribution is -2.03. The van der Waals surface area contributed by atoms with E-state index < -0.39 is 5.97 Å². The first-order valence-electron chi connectivity index (χ1n) is 4.43. The molecule has 0 radical (unpaired) electrons. The van der Waals surface area contributed by atoms with E-state index in [1.54, 1.807) is 24.3 Å². The summed E-state index contributed by atoms with van der Waals surface area (Å²) in [5.41, 5.74) is 1.02. The lowest BCUT2D eigenvalue weighted by atomic mass is 10.0. The average Bonchev–Trinajstić information content (AvgIpc) is 2.71. The van der Waals surface area contributed by atoms with Crippen molar-refractivity contribution in [2.24, 2.45) is 0 Å². The van der Waals surface area contributed by atoms with Crippen LogP contribution in [-0.4, -0.2) is 26.3 Å². The maximum Gasteiger partial charge on any atom is 0.335 e. The molecule has 2 rings (SSSR count). The van der Waals surface area contributed by atoms with Gasteiger partial charge in [-0.2, -0.15) is 5.10 Å². The Morgan fingerprint density at radius 2 is 2.20 bits per heavy atom. The zero-order valence-electron chi connectivity index (χ0n) is 7.84. The highest BCUT2D eigenvalue weighted by atomic mass is 16.4. The molecule has 0 atom stereocenters. The van der Waals surface area contributed by atoms with Crippen LogP contribution in [-0.2, 0) is 6.42 Å². The van der Waals surface area contributed by atoms with Crippen molar-refractivity contribution >= 4 is 5.97 Å². The number of aromatic amines is 1. The molecule has 0 bridgehead atoms. The van der Waals surface area contributed by atoms with Crippen LogP contribution in [0.2, 0.25) is 0 Å². The predicted octanol–water partition coefficient (Wildman–Crippen LogP) is 1.09. The molecule has 0 unspecified atom stereocenters. The first-order chi connectivity index (χ1) is 7.27. The van der Waals surface area contributed by atoms with Gasteiger partial charge in [0, 0.05) is 6.42 Å². The topological polar surface area (TPSA) is 78.9 Å². The zero-order chi connectivity index (χ0) is 10.7. The van der Waals surface area contributed by atoms with E-state index in [-0.39, 0.29) is 0 Å². The molecule has 0 saturated heterocycles. The van der Waals surface area contributed by atoms with Gasteiger partial charge in [-0.1, -0.05) is 18.2 Å². The third-order valence-electron chi connectivity index (χ3n) is 2.07. The summed E-state index contributed by atoms with van der Waals surface area (Å²) in [7, 11) is 0. The Morgan fingerprint density at radius 1 is 1.40 bits per heavy atom. The molecule has 5 heteroatoms. The first-order valence-corrected chi connectivity index (χ1v) is 4.43. The van der Waals surface area contributed by atoms with Crippen molar-refractivity contribution in [1.29, 1.82) is 0 Å². The Kier molecular flexibility index (Phi) is 2.45. The number of hydrogen-bond donors (Lipinski definition) is 2. The van der Waals surface area contributed by atoms with Crippen molar-refractivity contribution in [1.82, 2.24) is 15.2 Å². The number of hydrogen-bond acceptors (Lipinski definition) is 3. The van der Waals surface area contributed by atoms with Crippen LogP contribution in [0.25, 0.3) is 0 Å². The van der Waals surface area contributed by atoms with Crippen molar-refractivity contribution in [2.75, 3.05) is 0 Å². The molecular weight excluding hydrogens is 194 g/mol. The van der Waals surface area contributed by atoms with Crippen LogP contribution in [0.3, 0.4) is 0 Å². The molecule has 0 amide bonds. The minimum atomic E-state index is -0.926. The van der Waals surface area contributed by atoms with Gasteiger partial charge in [0.1, 0.15) is 12.2 Å². The van der Waals surface area contributed by atoms with E-state index in [0.717, 1.165) is 5.56 Å². The number of carbonyl (C=O) groups is 1. The molecule has 1 heterocycles. The summed E-state index contributed by atoms with van der Waals surface area (Å²) < 4.78 is 0. The Labute approximate surface area is 85.8 Å². The summed E-state index contributed by atoms with van der Waals surface area (Å²) >= 11 is 0. The number of benzene rings is 1. The molecule has 0 fully saturated rings. The summed E-state index contributed by atoms with van der Waals surface area (Å²) in [6.07, 6.45) is 1.85. The van der Waals surface area contributed by atoms with E-state index in [2.05, 4.69) is 15.2 Å². The molecule has 0 spiro atoms. The minimum absolute atomic E-state index is 0.300. The minimum Gasteiger partial charge on any atom is -0.478 e. The predicted molar refractivity (Wildman–Crippen MR) is 52.6 cm³/mol. The number of carboxylic acids is 1. The fraction of sp³-hybridized carbons (Fsp3) is 0.100. The van der Waals surface area contributed by atoms with Crippen LogP contribution in [0, 0.1) is 0 Å². The smallest absolute Gasteiger partial charge is 0.335 e. The van der Waals surface area contributed by atoms with Gasteiger partial charge in [0.05, 0.1) is 5.56 Å². The highest BCUT2D eigenvalue weighted by Crippen LogP contribution is 2.11. The molecule has 15 heavy (non-hydrogen) atoms. The number of aromatic nitrogens is 3. The van der Waals surface area contributed by atoms with E-state index in [9.17, 15) is 4.79 Å². The van der Waals surface area contributed by atoms with Gasteiger partial charge in [0.25, 0.3) is 0 Å². The Morgan fingerprint density at radius 3 is 2.87 bits per heavy atom. The number of H-pyrrole nitrogens is 1. The van der Waals surface area contributed by atoms with Gasteiger partial charge in [-0.15, -0.1) is 0 Å². The van der Waals surface area contributed by atoms with E-state index in [0.29, 0.717) is 17.8 Å². The molecule has 2 N–H and O–H groups in total. The van der Waals surface area contributed by atoms with Crippen LogP contribution < -0.4 is 0 Å². The van der Waals surface area contributed by atoms with Gasteiger partial charge in [0.2, 0.25) is 0 Å². The quantitative estimate of drug-likeness (QED) is 0.782. The molecule has 76 valence electrons. The van der Waals surface area contributed by atoms with Gasteiger partial charge >= 0.3 is 5.97 Å². The molecule has 0 aliphatic carbocycles. The number of aromatic carboxylic acids is 1. The molecule has 0 aliphatic rings. The number of rotatable bonds is 3. The average molecular weight is 203 g/mol. The van der Waals surface area contributed by atoms with Crippen molar-refractivity contribution in [3.05, 3.63) is 47.5 Å². The van der Waals surface area contributed by atoms with E-state index in [1.807, 2.05) is 0 Å². The van der Waals surface area contributed by atoms with Gasteiger partial charge in [-0.25, -0.2) is 9.78 Å². The standard InChI is InChI=1S/C10H9N3O2/c14-10(15)8-4-2-1-3-7(8)5-9-11-6-12-13-9/h1-4,6H,5H2,(H,14,15)(H,11,12,13). The van der Waals surface area contributed by atoms with Crippen molar-refractivity contribution in [2.45, 2.75) is 6.42 Å². The number of nitrogens with zero attached hydrogens (tertiary/aromatic N) is 2. The lowest BCUT2D eigenvalue weighted by Gasteiger charge is -2.02. The normalized spacial score (nSPS) is 10.1. The zero-order valence-corrected chi connectivity index (χ0v) is 7.84. The summed E-state index contributed by atoms with van der Waals surface area (Å²) in [5.74, 6) is -0.270. The van der Waals surface area contributed by atoms with Crippen LogP contribution in [0.1, 0.15) is 21.7 Å². The fourth-order valence-corrected chi connectivity index (χ4v) is 1.38. The van der Waals surface area contributed by atoms with Gasteiger partial charge < -0.3 is 5.11 Å². The summed E-state index contributed by atoms with van der Waals surface area (Å²) in [5, 5.41) is 15.4. The molecular formula is C10H9N3O2. The summed E-state index contributed by atoms with van der Waals surface area (Å²) in [4.78, 5) is 14.9. The molecule has 1 aromatic carbocycles. The molecule has 5 nitrogen and oxygen atoms in total. The molecule has 2 aromatic rings. The van der Waals surface area contributed by atoms with E-state index in [1.165, 1.54) is 6.33 Å². The fourth-order valence-electron chi connectivity index (χ4n) is 1.38. The van der Waals surface area contributed by atoms with Crippen LogP contribution >= 0.6 is 0 Å². The van der Waals surface area contributed by atoms with Crippen LogP contribution in [0.5, 0.6) is 0 Å². The lowest BCUT2D eigenvalue weighted by molar-refractivity contribution is 0.0696. The molecule has 1 aromatic heterocycles. The third-order valence-corrected chi connectivity index (χ3v) is 2.07. The first kappa shape index (κ1) is 9.39. The van der Waals surface area contributed by atoms with Crippen LogP contribution in [0.15, 0.2) is 30.6 Å². The number of nitrogens with one attached hydrogen (secondary N) is 1. The van der Waals surface area contributed by atoms with Gasteiger partial charge in [-0.05, 0) is 11.6 Å². The van der Waals surface area contributed by atoms with Gasteiger partial charge in [0.15, 0.2) is 0 Å². The third kappa shape index (κ3) is 2.01. The largest absolute Gasteiger partial charge is 0.478 e. The maximum atomic E-state index is 10.9.